The summed E-state index contributed by atoms with van der Waals surface area (Å²) in [6, 6.07) is 0.186. The first-order valence-corrected chi connectivity index (χ1v) is 4.86. The van der Waals surface area contributed by atoms with Crippen molar-refractivity contribution in [3.05, 3.63) is 0 Å². The van der Waals surface area contributed by atoms with Gasteiger partial charge in [0.25, 0.3) is 0 Å². The van der Waals surface area contributed by atoms with Crippen molar-refractivity contribution in [3.8, 4) is 0 Å². The predicted molar refractivity (Wildman–Crippen MR) is 50.8 cm³/mol. The molecule has 1 fully saturated rings. The Kier molecular flexibility index (Phi) is 4.02. The summed E-state index contributed by atoms with van der Waals surface area (Å²) in [6.07, 6.45) is 3.34. The van der Waals surface area contributed by atoms with Crippen LogP contribution in [0.15, 0.2) is 0 Å². The Morgan fingerprint density at radius 2 is 2.00 bits per heavy atom. The zero-order valence-electron chi connectivity index (χ0n) is 8.05. The van der Waals surface area contributed by atoms with Crippen molar-refractivity contribution < 1.29 is 9.90 Å². The summed E-state index contributed by atoms with van der Waals surface area (Å²) in [6.45, 7) is 1.06. The second kappa shape index (κ2) is 5.07. The van der Waals surface area contributed by atoms with E-state index in [-0.39, 0.29) is 6.04 Å². The molecule has 1 saturated carbocycles. The summed E-state index contributed by atoms with van der Waals surface area (Å²) < 4.78 is 0. The van der Waals surface area contributed by atoms with Crippen molar-refractivity contribution in [1.82, 2.24) is 10.6 Å². The van der Waals surface area contributed by atoms with Crippen LogP contribution in [0.3, 0.4) is 0 Å². The third-order valence-corrected chi connectivity index (χ3v) is 2.67. The molecule has 0 atom stereocenters. The predicted octanol–water partition coefficient (Wildman–Crippen LogP) is 1.03. The normalized spacial score (nSPS) is 28.4. The molecule has 1 rings (SSSR count). The van der Waals surface area contributed by atoms with E-state index < -0.39 is 6.09 Å². The SMILES string of the molecule is CNCC1CCC(NC(=O)O)CC1. The Labute approximate surface area is 78.7 Å². The molecular weight excluding hydrogens is 168 g/mol. The fraction of sp³-hybridized carbons (Fsp3) is 0.889. The largest absolute Gasteiger partial charge is 0.465 e. The number of nitrogens with one attached hydrogen (secondary N) is 2. The van der Waals surface area contributed by atoms with E-state index in [4.69, 9.17) is 5.11 Å². The number of hydrogen-bond acceptors (Lipinski definition) is 2. The van der Waals surface area contributed by atoms with Gasteiger partial charge >= 0.3 is 6.09 Å². The van der Waals surface area contributed by atoms with Crippen molar-refractivity contribution in [2.24, 2.45) is 5.92 Å². The Morgan fingerprint density at radius 1 is 1.38 bits per heavy atom. The fourth-order valence-electron chi connectivity index (χ4n) is 1.97. The van der Waals surface area contributed by atoms with Crippen LogP contribution >= 0.6 is 0 Å². The minimum atomic E-state index is -0.892. The lowest BCUT2D eigenvalue weighted by Crippen LogP contribution is -2.37. The zero-order valence-corrected chi connectivity index (χ0v) is 8.05. The van der Waals surface area contributed by atoms with Crippen LogP contribution in [0.1, 0.15) is 25.7 Å². The molecule has 1 amide bonds. The lowest BCUT2D eigenvalue weighted by atomic mass is 9.86. The molecule has 4 nitrogen and oxygen atoms in total. The minimum absolute atomic E-state index is 0.186. The molecule has 3 N–H and O–H groups in total. The lowest BCUT2D eigenvalue weighted by Gasteiger charge is -2.27. The lowest BCUT2D eigenvalue weighted by molar-refractivity contribution is 0.182. The molecule has 0 radical (unpaired) electrons. The Bertz CT molecular complexity index is 165. The average Bonchev–Trinajstić information content (AvgIpc) is 2.08. The van der Waals surface area contributed by atoms with E-state index in [1.54, 1.807) is 0 Å². The third kappa shape index (κ3) is 3.63. The standard InChI is InChI=1S/C9H18N2O2/c1-10-6-7-2-4-8(5-3-7)11-9(12)13/h7-8,10-11H,2-6H2,1H3,(H,12,13). The van der Waals surface area contributed by atoms with E-state index in [1.807, 2.05) is 7.05 Å². The highest BCUT2D eigenvalue weighted by atomic mass is 16.4. The molecular formula is C9H18N2O2. The molecule has 0 unspecified atom stereocenters. The molecule has 76 valence electrons. The van der Waals surface area contributed by atoms with Crippen LogP contribution < -0.4 is 10.6 Å². The highest BCUT2D eigenvalue weighted by molar-refractivity contribution is 5.64. The van der Waals surface area contributed by atoms with Crippen LogP contribution in [0.4, 0.5) is 4.79 Å². The van der Waals surface area contributed by atoms with E-state index in [2.05, 4.69) is 10.6 Å². The quantitative estimate of drug-likeness (QED) is 0.617. The second-order valence-corrected chi connectivity index (χ2v) is 3.72. The van der Waals surface area contributed by atoms with Gasteiger partial charge in [-0.25, -0.2) is 4.79 Å². The van der Waals surface area contributed by atoms with Crippen LogP contribution in [-0.2, 0) is 0 Å². The van der Waals surface area contributed by atoms with Crippen molar-refractivity contribution in [3.63, 3.8) is 0 Å². The number of carboxylic acid groups (broad SMARTS) is 1. The third-order valence-electron chi connectivity index (χ3n) is 2.67. The van der Waals surface area contributed by atoms with Crippen molar-refractivity contribution in [1.29, 1.82) is 0 Å². The summed E-state index contributed by atoms with van der Waals surface area (Å²) in [5.41, 5.74) is 0. The summed E-state index contributed by atoms with van der Waals surface area (Å²) in [5.74, 6) is 0.733. The van der Waals surface area contributed by atoms with Gasteiger partial charge in [-0.3, -0.25) is 0 Å². The Balaban J connectivity index is 2.18. The van der Waals surface area contributed by atoms with Gasteiger partial charge in [0.2, 0.25) is 0 Å². The molecule has 0 aromatic carbocycles. The van der Waals surface area contributed by atoms with Gasteiger partial charge in [-0.2, -0.15) is 0 Å². The maximum atomic E-state index is 10.4. The van der Waals surface area contributed by atoms with E-state index in [0.29, 0.717) is 0 Å². The Morgan fingerprint density at radius 3 is 2.46 bits per heavy atom. The molecule has 0 aromatic rings. The number of amides is 1. The first-order valence-electron chi connectivity index (χ1n) is 4.86. The molecule has 1 aliphatic carbocycles. The average molecular weight is 186 g/mol. The fourth-order valence-corrected chi connectivity index (χ4v) is 1.97. The highest BCUT2D eigenvalue weighted by Crippen LogP contribution is 2.23. The van der Waals surface area contributed by atoms with Gasteiger partial charge in [0.1, 0.15) is 0 Å². The first-order chi connectivity index (χ1) is 6.22. The van der Waals surface area contributed by atoms with Crippen LogP contribution in [0.5, 0.6) is 0 Å². The molecule has 1 aliphatic rings. The summed E-state index contributed by atoms with van der Waals surface area (Å²) in [4.78, 5) is 10.4. The molecule has 0 heterocycles. The minimum Gasteiger partial charge on any atom is -0.465 e. The molecule has 0 spiro atoms. The summed E-state index contributed by atoms with van der Waals surface area (Å²) in [7, 11) is 1.96. The molecule has 0 aromatic heterocycles. The van der Waals surface area contributed by atoms with Gasteiger partial charge in [0.05, 0.1) is 0 Å². The van der Waals surface area contributed by atoms with Crippen LogP contribution in [0.2, 0.25) is 0 Å². The summed E-state index contributed by atoms with van der Waals surface area (Å²) in [5, 5.41) is 14.2. The van der Waals surface area contributed by atoms with E-state index in [9.17, 15) is 4.79 Å². The number of rotatable bonds is 3. The van der Waals surface area contributed by atoms with Crippen molar-refractivity contribution in [2.45, 2.75) is 31.7 Å². The number of carbonyl (C=O) groups is 1. The smallest absolute Gasteiger partial charge is 0.404 e. The molecule has 0 saturated heterocycles. The highest BCUT2D eigenvalue weighted by Gasteiger charge is 2.21. The molecule has 0 bridgehead atoms. The van der Waals surface area contributed by atoms with Gasteiger partial charge in [-0.05, 0) is 45.2 Å². The second-order valence-electron chi connectivity index (χ2n) is 3.72. The summed E-state index contributed by atoms with van der Waals surface area (Å²) >= 11 is 0. The van der Waals surface area contributed by atoms with E-state index in [1.165, 1.54) is 0 Å². The monoisotopic (exact) mass is 186 g/mol. The molecule has 13 heavy (non-hydrogen) atoms. The van der Waals surface area contributed by atoms with Gasteiger partial charge < -0.3 is 15.7 Å². The first kappa shape index (κ1) is 10.3. The molecule has 0 aliphatic heterocycles. The van der Waals surface area contributed by atoms with Crippen LogP contribution in [-0.4, -0.2) is 30.8 Å². The van der Waals surface area contributed by atoms with Crippen molar-refractivity contribution >= 4 is 6.09 Å². The van der Waals surface area contributed by atoms with Crippen LogP contribution in [0.25, 0.3) is 0 Å². The van der Waals surface area contributed by atoms with E-state index in [0.717, 1.165) is 38.1 Å². The molecule has 4 heteroatoms. The van der Waals surface area contributed by atoms with E-state index >= 15 is 0 Å². The van der Waals surface area contributed by atoms with Crippen molar-refractivity contribution in [2.75, 3.05) is 13.6 Å². The van der Waals surface area contributed by atoms with Gasteiger partial charge in [-0.15, -0.1) is 0 Å². The maximum absolute atomic E-state index is 10.4. The van der Waals surface area contributed by atoms with Gasteiger partial charge in [0, 0.05) is 6.04 Å². The Hall–Kier alpha value is -0.770. The number of hydrogen-bond donors (Lipinski definition) is 3. The topological polar surface area (TPSA) is 61.4 Å². The zero-order chi connectivity index (χ0) is 9.68. The van der Waals surface area contributed by atoms with Gasteiger partial charge in [0.15, 0.2) is 0 Å². The van der Waals surface area contributed by atoms with Gasteiger partial charge in [-0.1, -0.05) is 0 Å². The maximum Gasteiger partial charge on any atom is 0.404 e. The van der Waals surface area contributed by atoms with Crippen LogP contribution in [0, 0.1) is 5.92 Å².